The maximum absolute atomic E-state index is 11.5. The van der Waals surface area contributed by atoms with Crippen LogP contribution in [-0.2, 0) is 6.54 Å². The maximum Gasteiger partial charge on any atom is 0.408 e. The van der Waals surface area contributed by atoms with Crippen LogP contribution in [0.4, 0.5) is 5.82 Å². The van der Waals surface area contributed by atoms with Crippen molar-refractivity contribution in [3.8, 4) is 0 Å². The normalized spacial score (nSPS) is 10.6. The van der Waals surface area contributed by atoms with E-state index in [9.17, 15) is 14.9 Å². The highest BCUT2D eigenvalue weighted by molar-refractivity contribution is 6.33. The van der Waals surface area contributed by atoms with Gasteiger partial charge in [0, 0.05) is 6.54 Å². The van der Waals surface area contributed by atoms with Crippen LogP contribution in [0.1, 0.15) is 29.1 Å². The molecule has 0 spiro atoms. The third-order valence-corrected chi connectivity index (χ3v) is 3.02. The minimum Gasteiger partial charge on any atom is -0.358 e. The highest BCUT2D eigenvalue weighted by Crippen LogP contribution is 2.26. The number of nitrogens with zero attached hydrogens (tertiary/aromatic N) is 5. The van der Waals surface area contributed by atoms with Gasteiger partial charge < -0.3 is 20.0 Å². The molecule has 0 radical (unpaired) electrons. The van der Waals surface area contributed by atoms with Gasteiger partial charge in [-0.15, -0.1) is 0 Å². The molecule has 0 unspecified atom stereocenters. The van der Waals surface area contributed by atoms with Crippen LogP contribution in [0.25, 0.3) is 0 Å². The Labute approximate surface area is 123 Å². The molecule has 112 valence electrons. The van der Waals surface area contributed by atoms with Crippen molar-refractivity contribution in [2.75, 3.05) is 6.54 Å². The molecule has 21 heavy (non-hydrogen) atoms. The fourth-order valence-electron chi connectivity index (χ4n) is 1.56. The molecule has 0 aromatic carbocycles. The lowest BCUT2D eigenvalue weighted by Gasteiger charge is -1.94. The van der Waals surface area contributed by atoms with Crippen molar-refractivity contribution in [1.29, 1.82) is 0 Å². The Morgan fingerprint density at radius 3 is 2.86 bits per heavy atom. The third-order valence-electron chi connectivity index (χ3n) is 2.58. The third kappa shape index (κ3) is 2.99. The molecule has 11 heteroatoms. The molecule has 1 N–H and O–H groups in total. The van der Waals surface area contributed by atoms with Gasteiger partial charge in [-0.25, -0.2) is 0 Å². The summed E-state index contributed by atoms with van der Waals surface area (Å²) in [6, 6.07) is 0. The summed E-state index contributed by atoms with van der Waals surface area (Å²) in [4.78, 5) is 25.4. The summed E-state index contributed by atoms with van der Waals surface area (Å²) in [7, 11) is 0. The van der Waals surface area contributed by atoms with E-state index >= 15 is 0 Å². The molecular formula is C10H11ClN6O4. The molecule has 0 fully saturated rings. The van der Waals surface area contributed by atoms with Gasteiger partial charge in [-0.3, -0.25) is 4.79 Å². The van der Waals surface area contributed by atoms with Gasteiger partial charge in [0.05, 0.1) is 10.8 Å². The minimum absolute atomic E-state index is 0.00228. The molecule has 1 amide bonds. The Morgan fingerprint density at radius 2 is 2.29 bits per heavy atom. The zero-order valence-electron chi connectivity index (χ0n) is 11.2. The number of nitro groups is 1. The zero-order chi connectivity index (χ0) is 15.6. The van der Waals surface area contributed by atoms with Crippen LogP contribution in [-0.4, -0.2) is 37.3 Å². The Bertz CT molecular complexity index is 694. The predicted molar refractivity (Wildman–Crippen MR) is 70.0 cm³/mol. The van der Waals surface area contributed by atoms with Gasteiger partial charge in [-0.1, -0.05) is 16.8 Å². The zero-order valence-corrected chi connectivity index (χ0v) is 11.9. The Hall–Kier alpha value is -2.49. The van der Waals surface area contributed by atoms with E-state index in [1.165, 1.54) is 4.68 Å². The summed E-state index contributed by atoms with van der Waals surface area (Å²) in [5.74, 6) is -0.954. The second-order valence-electron chi connectivity index (χ2n) is 4.01. The molecule has 0 aliphatic heterocycles. The van der Waals surface area contributed by atoms with Crippen molar-refractivity contribution in [2.45, 2.75) is 20.4 Å². The number of aromatic nitrogens is 4. The SMILES string of the molecule is CCNC(=O)c1nc(Cn2nc([N+](=O)[O-])c(Cl)c2C)no1. The molecule has 0 saturated heterocycles. The van der Waals surface area contributed by atoms with Crippen molar-refractivity contribution >= 4 is 23.3 Å². The van der Waals surface area contributed by atoms with E-state index in [4.69, 9.17) is 16.1 Å². The summed E-state index contributed by atoms with van der Waals surface area (Å²) < 4.78 is 6.07. The van der Waals surface area contributed by atoms with Crippen molar-refractivity contribution in [3.05, 3.63) is 32.5 Å². The van der Waals surface area contributed by atoms with E-state index < -0.39 is 16.6 Å². The highest BCUT2D eigenvalue weighted by atomic mass is 35.5. The molecule has 0 bridgehead atoms. The lowest BCUT2D eigenvalue weighted by Crippen LogP contribution is -2.23. The number of rotatable bonds is 5. The van der Waals surface area contributed by atoms with Crippen LogP contribution in [0.15, 0.2) is 4.52 Å². The Morgan fingerprint density at radius 1 is 1.57 bits per heavy atom. The molecule has 0 atom stereocenters. The average Bonchev–Trinajstić information content (AvgIpc) is 3.00. The maximum atomic E-state index is 11.5. The van der Waals surface area contributed by atoms with Crippen LogP contribution in [0, 0.1) is 17.0 Å². The van der Waals surface area contributed by atoms with E-state index in [0.29, 0.717) is 12.2 Å². The number of halogens is 1. The topological polar surface area (TPSA) is 129 Å². The molecular weight excluding hydrogens is 304 g/mol. The van der Waals surface area contributed by atoms with Crippen LogP contribution in [0.3, 0.4) is 0 Å². The second kappa shape index (κ2) is 5.87. The van der Waals surface area contributed by atoms with E-state index in [1.54, 1.807) is 13.8 Å². The van der Waals surface area contributed by atoms with Crippen LogP contribution in [0.5, 0.6) is 0 Å². The van der Waals surface area contributed by atoms with Gasteiger partial charge in [0.15, 0.2) is 10.8 Å². The number of carbonyl (C=O) groups excluding carboxylic acids is 1. The van der Waals surface area contributed by atoms with Crippen molar-refractivity contribution < 1.29 is 14.2 Å². The van der Waals surface area contributed by atoms with E-state index in [2.05, 4.69) is 20.6 Å². The average molecular weight is 315 g/mol. The predicted octanol–water partition coefficient (Wildman–Crippen LogP) is 0.934. The summed E-state index contributed by atoms with van der Waals surface area (Å²) in [5.41, 5.74) is 0.396. The largest absolute Gasteiger partial charge is 0.408 e. The monoisotopic (exact) mass is 314 g/mol. The van der Waals surface area contributed by atoms with Gasteiger partial charge in [-0.05, 0) is 18.8 Å². The number of nitrogens with one attached hydrogen (secondary N) is 1. The Balaban J connectivity index is 2.21. The lowest BCUT2D eigenvalue weighted by atomic mass is 10.4. The van der Waals surface area contributed by atoms with Crippen molar-refractivity contribution in [1.82, 2.24) is 25.2 Å². The molecule has 2 aromatic rings. The van der Waals surface area contributed by atoms with Crippen molar-refractivity contribution in [2.24, 2.45) is 0 Å². The van der Waals surface area contributed by atoms with Crippen LogP contribution in [0.2, 0.25) is 5.02 Å². The standard InChI is InChI=1S/C10H11ClN6O4/c1-3-12-9(18)10-13-6(15-21-10)4-16-5(2)7(11)8(14-16)17(19)20/h3-4H2,1-2H3,(H,12,18). The minimum atomic E-state index is -0.678. The second-order valence-corrected chi connectivity index (χ2v) is 4.39. The first kappa shape index (κ1) is 14.9. The van der Waals surface area contributed by atoms with Crippen LogP contribution < -0.4 is 5.32 Å². The number of amides is 1. The summed E-state index contributed by atoms with van der Waals surface area (Å²) in [5, 5.41) is 20.6. The lowest BCUT2D eigenvalue weighted by molar-refractivity contribution is -0.389. The molecule has 0 saturated carbocycles. The quantitative estimate of drug-likeness (QED) is 0.642. The van der Waals surface area contributed by atoms with E-state index in [-0.39, 0.29) is 23.3 Å². The number of hydrogen-bond acceptors (Lipinski definition) is 7. The molecule has 0 aliphatic carbocycles. The number of hydrogen-bond donors (Lipinski definition) is 1. The smallest absolute Gasteiger partial charge is 0.358 e. The molecule has 0 aliphatic rings. The molecule has 10 nitrogen and oxygen atoms in total. The molecule has 2 rings (SSSR count). The highest BCUT2D eigenvalue weighted by Gasteiger charge is 2.25. The van der Waals surface area contributed by atoms with E-state index in [0.717, 1.165) is 0 Å². The molecule has 2 aromatic heterocycles. The first-order chi connectivity index (χ1) is 9.93. The fraction of sp³-hybridized carbons (Fsp3) is 0.400. The van der Waals surface area contributed by atoms with Gasteiger partial charge >= 0.3 is 17.6 Å². The summed E-state index contributed by atoms with van der Waals surface area (Å²) >= 11 is 5.82. The first-order valence-corrected chi connectivity index (χ1v) is 6.29. The first-order valence-electron chi connectivity index (χ1n) is 5.92. The van der Waals surface area contributed by atoms with E-state index in [1.807, 2.05) is 0 Å². The van der Waals surface area contributed by atoms with Gasteiger partial charge in [-0.2, -0.15) is 9.67 Å². The summed E-state index contributed by atoms with van der Waals surface area (Å²) in [6.07, 6.45) is 0. The summed E-state index contributed by atoms with van der Waals surface area (Å²) in [6.45, 7) is 3.76. The number of carbonyl (C=O) groups is 1. The van der Waals surface area contributed by atoms with Crippen LogP contribution >= 0.6 is 11.6 Å². The van der Waals surface area contributed by atoms with Crippen molar-refractivity contribution in [3.63, 3.8) is 0 Å². The molecule has 2 heterocycles. The fourth-order valence-corrected chi connectivity index (χ4v) is 1.76. The Kier molecular flexibility index (Phi) is 4.17. The van der Waals surface area contributed by atoms with Gasteiger partial charge in [0.2, 0.25) is 0 Å². The van der Waals surface area contributed by atoms with Gasteiger partial charge in [0.25, 0.3) is 0 Å². The van der Waals surface area contributed by atoms with Gasteiger partial charge in [0.1, 0.15) is 6.54 Å².